The van der Waals surface area contributed by atoms with E-state index in [1.165, 1.54) is 16.2 Å². The van der Waals surface area contributed by atoms with Crippen LogP contribution in [0.2, 0.25) is 5.02 Å². The van der Waals surface area contributed by atoms with Crippen molar-refractivity contribution in [1.29, 1.82) is 0 Å². The normalized spacial score (nSPS) is 17.5. The number of halogens is 1. The number of amides is 1. The first-order chi connectivity index (χ1) is 15.9. The average molecular weight is 484 g/mol. The van der Waals surface area contributed by atoms with Gasteiger partial charge in [0.25, 0.3) is 5.78 Å². The molecule has 170 valence electrons. The molecule has 0 spiro atoms. The van der Waals surface area contributed by atoms with Gasteiger partial charge in [-0.25, -0.2) is 0 Å². The third kappa shape index (κ3) is 4.62. The summed E-state index contributed by atoms with van der Waals surface area (Å²) in [7, 11) is 0. The lowest BCUT2D eigenvalue weighted by Crippen LogP contribution is -2.29. The van der Waals surface area contributed by atoms with E-state index in [1.54, 1.807) is 55.5 Å². The van der Waals surface area contributed by atoms with Gasteiger partial charge >= 0.3 is 5.91 Å². The predicted octanol–water partition coefficient (Wildman–Crippen LogP) is 5.31. The fourth-order valence-electron chi connectivity index (χ4n) is 3.57. The number of hydrogen-bond donors (Lipinski definition) is 1. The number of ketones is 1. The second-order valence-corrected chi connectivity index (χ2v) is 9.15. The van der Waals surface area contributed by atoms with Gasteiger partial charge in [-0.2, -0.15) is 0 Å². The average Bonchev–Trinajstić information content (AvgIpc) is 3.35. The van der Waals surface area contributed by atoms with Crippen molar-refractivity contribution in [1.82, 2.24) is 10.2 Å². The maximum atomic E-state index is 13.1. The van der Waals surface area contributed by atoms with E-state index in [-0.39, 0.29) is 16.5 Å². The summed E-state index contributed by atoms with van der Waals surface area (Å²) in [6.07, 6.45) is 1.97. The van der Waals surface area contributed by atoms with Crippen LogP contribution in [0.4, 0.5) is 5.13 Å². The molecule has 0 bridgehead atoms. The Bertz CT molecular complexity index is 1210. The topological polar surface area (TPSA) is 92.6 Å². The minimum atomic E-state index is -0.866. The van der Waals surface area contributed by atoms with Crippen LogP contribution < -0.4 is 9.64 Å². The molecule has 9 heteroatoms. The number of aliphatic hydroxyl groups excluding tert-OH is 1. The molecule has 0 saturated carbocycles. The molecule has 1 saturated heterocycles. The Hall–Kier alpha value is -3.23. The standard InChI is InChI=1S/C24H22ClN3O4S/c1-3-4-13-32-18-11-7-16(8-12-18)21(29)19-20(15-5-9-17(25)10-6-15)28(23(31)22(19)30)24-27-26-14(2)33-24/h5-12,20,29H,3-4,13H2,1-2H3/b21-19+. The zero-order valence-electron chi connectivity index (χ0n) is 18.1. The lowest BCUT2D eigenvalue weighted by Gasteiger charge is -2.22. The highest BCUT2D eigenvalue weighted by molar-refractivity contribution is 7.15. The lowest BCUT2D eigenvalue weighted by molar-refractivity contribution is -0.132. The monoisotopic (exact) mass is 483 g/mol. The van der Waals surface area contributed by atoms with Gasteiger partial charge in [-0.15, -0.1) is 10.2 Å². The number of Topliss-reactive ketones (excluding diaryl/α,β-unsaturated/α-hetero) is 1. The Balaban J connectivity index is 1.78. The molecule has 2 aromatic carbocycles. The van der Waals surface area contributed by atoms with Crippen molar-refractivity contribution in [2.24, 2.45) is 0 Å². The summed E-state index contributed by atoms with van der Waals surface area (Å²) in [5.41, 5.74) is 1.01. The summed E-state index contributed by atoms with van der Waals surface area (Å²) in [4.78, 5) is 27.4. The van der Waals surface area contributed by atoms with E-state index in [2.05, 4.69) is 17.1 Å². The fourth-order valence-corrected chi connectivity index (χ4v) is 4.41. The van der Waals surface area contributed by atoms with E-state index in [1.807, 2.05) is 0 Å². The fraction of sp³-hybridized carbons (Fsp3) is 0.250. The number of benzene rings is 2. The molecule has 4 rings (SSSR count). The van der Waals surface area contributed by atoms with Crippen molar-refractivity contribution < 1.29 is 19.4 Å². The Kier molecular flexibility index (Phi) is 6.76. The number of unbranched alkanes of at least 4 members (excludes halogenated alkanes) is 1. The van der Waals surface area contributed by atoms with E-state index in [0.29, 0.717) is 33.5 Å². The van der Waals surface area contributed by atoms with Gasteiger partial charge in [-0.05, 0) is 55.3 Å². The Morgan fingerprint density at radius 1 is 1.12 bits per heavy atom. The number of aliphatic hydroxyl groups is 1. The van der Waals surface area contributed by atoms with Gasteiger partial charge in [0.15, 0.2) is 0 Å². The molecular formula is C24H22ClN3O4S. The van der Waals surface area contributed by atoms with E-state index in [9.17, 15) is 14.7 Å². The van der Waals surface area contributed by atoms with Crippen molar-refractivity contribution in [3.05, 3.63) is 75.3 Å². The molecule has 1 unspecified atom stereocenters. The second kappa shape index (κ2) is 9.72. The number of carbonyl (C=O) groups excluding carboxylic acids is 2. The zero-order valence-corrected chi connectivity index (χ0v) is 19.7. The van der Waals surface area contributed by atoms with Crippen LogP contribution in [-0.4, -0.2) is 33.6 Å². The quantitative estimate of drug-likeness (QED) is 0.212. The van der Waals surface area contributed by atoms with Crippen LogP contribution in [0.3, 0.4) is 0 Å². The van der Waals surface area contributed by atoms with Gasteiger partial charge in [0.05, 0.1) is 18.2 Å². The highest BCUT2D eigenvalue weighted by Gasteiger charge is 2.48. The van der Waals surface area contributed by atoms with Crippen molar-refractivity contribution in [3.63, 3.8) is 0 Å². The van der Waals surface area contributed by atoms with Gasteiger partial charge in [-0.3, -0.25) is 14.5 Å². The Morgan fingerprint density at radius 3 is 2.42 bits per heavy atom. The minimum Gasteiger partial charge on any atom is -0.507 e. The number of anilines is 1. The molecule has 1 aromatic heterocycles. The van der Waals surface area contributed by atoms with E-state index in [0.717, 1.165) is 12.8 Å². The molecule has 2 heterocycles. The molecule has 0 aliphatic carbocycles. The number of aryl methyl sites for hydroxylation is 1. The predicted molar refractivity (Wildman–Crippen MR) is 128 cm³/mol. The maximum absolute atomic E-state index is 13.1. The maximum Gasteiger partial charge on any atom is 0.301 e. The summed E-state index contributed by atoms with van der Waals surface area (Å²) >= 11 is 7.24. The number of aromatic nitrogens is 2. The van der Waals surface area contributed by atoms with Crippen molar-refractivity contribution >= 4 is 45.5 Å². The molecule has 1 atom stereocenters. The number of ether oxygens (including phenoxy) is 1. The third-order valence-corrected chi connectivity index (χ3v) is 6.34. The van der Waals surface area contributed by atoms with E-state index in [4.69, 9.17) is 16.3 Å². The van der Waals surface area contributed by atoms with Crippen LogP contribution in [0.25, 0.3) is 5.76 Å². The van der Waals surface area contributed by atoms with E-state index >= 15 is 0 Å². The molecule has 1 aliphatic heterocycles. The third-order valence-electron chi connectivity index (χ3n) is 5.25. The van der Waals surface area contributed by atoms with Crippen LogP contribution in [0.5, 0.6) is 5.75 Å². The molecule has 7 nitrogen and oxygen atoms in total. The minimum absolute atomic E-state index is 0.0187. The highest BCUT2D eigenvalue weighted by Crippen LogP contribution is 2.43. The Morgan fingerprint density at radius 2 is 1.82 bits per heavy atom. The number of carbonyl (C=O) groups is 2. The largest absolute Gasteiger partial charge is 0.507 e. The number of nitrogens with zero attached hydrogens (tertiary/aromatic N) is 3. The van der Waals surface area contributed by atoms with Gasteiger partial charge in [0.2, 0.25) is 5.13 Å². The van der Waals surface area contributed by atoms with Crippen LogP contribution in [-0.2, 0) is 9.59 Å². The highest BCUT2D eigenvalue weighted by atomic mass is 35.5. The number of rotatable bonds is 7. The summed E-state index contributed by atoms with van der Waals surface area (Å²) in [6, 6.07) is 12.7. The van der Waals surface area contributed by atoms with Crippen LogP contribution in [0.15, 0.2) is 54.1 Å². The van der Waals surface area contributed by atoms with Crippen LogP contribution >= 0.6 is 22.9 Å². The van der Waals surface area contributed by atoms with Gasteiger partial charge < -0.3 is 9.84 Å². The molecule has 1 amide bonds. The first-order valence-electron chi connectivity index (χ1n) is 10.5. The first-order valence-corrected chi connectivity index (χ1v) is 11.7. The molecule has 33 heavy (non-hydrogen) atoms. The zero-order chi connectivity index (χ0) is 23.5. The summed E-state index contributed by atoms with van der Waals surface area (Å²) in [5.74, 6) is -1.16. The van der Waals surface area contributed by atoms with Crippen molar-refractivity contribution in [2.75, 3.05) is 11.5 Å². The molecule has 3 aromatic rings. The second-order valence-electron chi connectivity index (χ2n) is 7.55. The summed E-state index contributed by atoms with van der Waals surface area (Å²) in [6.45, 7) is 4.45. The lowest BCUT2D eigenvalue weighted by atomic mass is 9.95. The SMILES string of the molecule is CCCCOc1ccc(/C(O)=C2\C(=O)C(=O)N(c3nnc(C)s3)C2c2ccc(Cl)cc2)cc1. The molecular weight excluding hydrogens is 462 g/mol. The van der Waals surface area contributed by atoms with Gasteiger partial charge in [-0.1, -0.05) is 48.4 Å². The van der Waals surface area contributed by atoms with Crippen molar-refractivity contribution in [2.45, 2.75) is 32.7 Å². The van der Waals surface area contributed by atoms with Crippen LogP contribution in [0, 0.1) is 6.92 Å². The molecule has 1 N–H and O–H groups in total. The summed E-state index contributed by atoms with van der Waals surface area (Å²) < 4.78 is 5.67. The van der Waals surface area contributed by atoms with Gasteiger partial charge in [0.1, 0.15) is 16.5 Å². The van der Waals surface area contributed by atoms with Crippen molar-refractivity contribution in [3.8, 4) is 5.75 Å². The smallest absolute Gasteiger partial charge is 0.301 e. The first kappa shape index (κ1) is 22.9. The molecule has 0 radical (unpaired) electrons. The van der Waals surface area contributed by atoms with E-state index < -0.39 is 17.7 Å². The van der Waals surface area contributed by atoms with Gasteiger partial charge in [0, 0.05) is 10.6 Å². The summed E-state index contributed by atoms with van der Waals surface area (Å²) in [5, 5.41) is 20.6. The Labute approximate surface area is 200 Å². The van der Waals surface area contributed by atoms with Crippen LogP contribution in [0.1, 0.15) is 41.9 Å². The number of hydrogen-bond acceptors (Lipinski definition) is 7. The molecule has 1 fully saturated rings. The molecule has 1 aliphatic rings.